The molecular formula is C16H26F3IN6O. The van der Waals surface area contributed by atoms with Crippen molar-refractivity contribution in [3.8, 4) is 0 Å². The molecule has 0 aliphatic rings. The SMILES string of the molecule is CN=C(NCCNc1ncccc1C(F)(F)F)NCC(=O)NC(C)(C)C.I. The number of anilines is 1. The van der Waals surface area contributed by atoms with Crippen LogP contribution in [0.3, 0.4) is 0 Å². The Hall–Kier alpha value is -1.79. The number of nitrogens with zero attached hydrogens (tertiary/aromatic N) is 2. The quantitative estimate of drug-likeness (QED) is 0.207. The molecule has 1 aromatic heterocycles. The molecule has 27 heavy (non-hydrogen) atoms. The number of aromatic nitrogens is 1. The van der Waals surface area contributed by atoms with Crippen LogP contribution in [0.4, 0.5) is 19.0 Å². The fraction of sp³-hybridized carbons (Fsp3) is 0.562. The van der Waals surface area contributed by atoms with Gasteiger partial charge in [-0.25, -0.2) is 4.98 Å². The van der Waals surface area contributed by atoms with Crippen LogP contribution in [-0.4, -0.2) is 49.1 Å². The van der Waals surface area contributed by atoms with Crippen molar-refractivity contribution >= 4 is 41.7 Å². The van der Waals surface area contributed by atoms with Gasteiger partial charge >= 0.3 is 6.18 Å². The Bertz CT molecular complexity index is 631. The number of alkyl halides is 3. The van der Waals surface area contributed by atoms with Gasteiger partial charge in [0.2, 0.25) is 5.91 Å². The number of rotatable bonds is 6. The zero-order chi connectivity index (χ0) is 19.8. The molecular weight excluding hydrogens is 476 g/mol. The molecule has 7 nitrogen and oxygen atoms in total. The van der Waals surface area contributed by atoms with Gasteiger partial charge in [0.1, 0.15) is 5.82 Å². The monoisotopic (exact) mass is 502 g/mol. The molecule has 0 fully saturated rings. The standard InChI is InChI=1S/C16H25F3N6O.HI/c1-15(2,3)25-12(26)10-24-14(20-4)23-9-8-22-13-11(16(17,18)19)6-5-7-21-13;/h5-7H,8-10H2,1-4H3,(H,21,22)(H,25,26)(H2,20,23,24);1H. The van der Waals surface area contributed by atoms with Crippen LogP contribution in [0.25, 0.3) is 0 Å². The lowest BCUT2D eigenvalue weighted by Crippen LogP contribution is -2.48. The first-order valence-electron chi connectivity index (χ1n) is 8.04. The zero-order valence-corrected chi connectivity index (χ0v) is 18.0. The van der Waals surface area contributed by atoms with Gasteiger partial charge in [0.15, 0.2) is 5.96 Å². The number of hydrogen-bond donors (Lipinski definition) is 4. The third-order valence-electron chi connectivity index (χ3n) is 2.98. The largest absolute Gasteiger partial charge is 0.419 e. The predicted molar refractivity (Wildman–Crippen MR) is 110 cm³/mol. The summed E-state index contributed by atoms with van der Waals surface area (Å²) in [6.07, 6.45) is -3.18. The van der Waals surface area contributed by atoms with Gasteiger partial charge < -0.3 is 21.3 Å². The third kappa shape index (κ3) is 10.2. The molecule has 0 aliphatic heterocycles. The molecule has 0 unspecified atom stereocenters. The Labute approximate surface area is 174 Å². The second kappa shape index (κ2) is 11.1. The summed E-state index contributed by atoms with van der Waals surface area (Å²) in [6, 6.07) is 2.21. The maximum absolute atomic E-state index is 12.9. The van der Waals surface area contributed by atoms with Crippen LogP contribution in [0.2, 0.25) is 0 Å². The van der Waals surface area contributed by atoms with Gasteiger partial charge in [-0.15, -0.1) is 24.0 Å². The van der Waals surface area contributed by atoms with Crippen molar-refractivity contribution < 1.29 is 18.0 Å². The van der Waals surface area contributed by atoms with Crippen LogP contribution in [0.15, 0.2) is 23.3 Å². The number of halogens is 4. The first-order valence-corrected chi connectivity index (χ1v) is 8.04. The summed E-state index contributed by atoms with van der Waals surface area (Å²) in [5.41, 5.74) is -1.15. The average molecular weight is 502 g/mol. The molecule has 0 saturated heterocycles. The number of guanidine groups is 1. The van der Waals surface area contributed by atoms with Crippen molar-refractivity contribution in [2.24, 2.45) is 4.99 Å². The molecule has 1 aromatic rings. The molecule has 0 bridgehead atoms. The Balaban J connectivity index is 0.00000676. The minimum absolute atomic E-state index is 0. The number of amides is 1. The van der Waals surface area contributed by atoms with Crippen LogP contribution >= 0.6 is 24.0 Å². The number of carbonyl (C=O) groups is 1. The summed E-state index contributed by atoms with van der Waals surface area (Å²) in [7, 11) is 1.53. The Morgan fingerprint density at radius 2 is 1.85 bits per heavy atom. The first kappa shape index (κ1) is 25.2. The van der Waals surface area contributed by atoms with Crippen LogP contribution in [0.5, 0.6) is 0 Å². The third-order valence-corrected chi connectivity index (χ3v) is 2.98. The highest BCUT2D eigenvalue weighted by Gasteiger charge is 2.33. The van der Waals surface area contributed by atoms with Gasteiger partial charge in [0.25, 0.3) is 0 Å². The average Bonchev–Trinajstić information content (AvgIpc) is 2.52. The Morgan fingerprint density at radius 3 is 2.41 bits per heavy atom. The number of carbonyl (C=O) groups excluding carboxylic acids is 1. The maximum atomic E-state index is 12.9. The highest BCUT2D eigenvalue weighted by Crippen LogP contribution is 2.33. The second-order valence-electron chi connectivity index (χ2n) is 6.47. The molecule has 11 heteroatoms. The summed E-state index contributed by atoms with van der Waals surface area (Å²) in [5.74, 6) is -0.0518. The molecule has 154 valence electrons. The number of hydrogen-bond acceptors (Lipinski definition) is 4. The van der Waals surface area contributed by atoms with Crippen molar-refractivity contribution in [1.82, 2.24) is 20.9 Å². The number of pyridine rings is 1. The van der Waals surface area contributed by atoms with E-state index in [1.807, 2.05) is 20.8 Å². The Morgan fingerprint density at radius 1 is 1.19 bits per heavy atom. The maximum Gasteiger partial charge on any atom is 0.419 e. The summed E-state index contributed by atoms with van der Waals surface area (Å²) in [5, 5.41) is 11.2. The highest BCUT2D eigenvalue weighted by atomic mass is 127. The van der Waals surface area contributed by atoms with E-state index in [1.54, 1.807) is 0 Å². The van der Waals surface area contributed by atoms with Gasteiger partial charge in [0.05, 0.1) is 12.1 Å². The summed E-state index contributed by atoms with van der Waals surface area (Å²) >= 11 is 0. The molecule has 0 atom stereocenters. The minimum atomic E-state index is -4.47. The van der Waals surface area contributed by atoms with Crippen LogP contribution in [0, 0.1) is 0 Å². The molecule has 1 amide bonds. The van der Waals surface area contributed by atoms with E-state index in [1.165, 1.54) is 19.3 Å². The molecule has 0 radical (unpaired) electrons. The van der Waals surface area contributed by atoms with Gasteiger partial charge in [-0.3, -0.25) is 9.79 Å². The molecule has 0 saturated carbocycles. The van der Waals surface area contributed by atoms with E-state index in [0.29, 0.717) is 5.96 Å². The molecule has 0 spiro atoms. The van der Waals surface area contributed by atoms with Gasteiger partial charge in [-0.1, -0.05) is 0 Å². The summed E-state index contributed by atoms with van der Waals surface area (Å²) < 4.78 is 38.6. The molecule has 1 heterocycles. The molecule has 4 N–H and O–H groups in total. The van der Waals surface area contributed by atoms with E-state index in [-0.39, 0.29) is 60.9 Å². The van der Waals surface area contributed by atoms with Gasteiger partial charge in [-0.05, 0) is 32.9 Å². The van der Waals surface area contributed by atoms with Crippen molar-refractivity contribution in [2.75, 3.05) is 32.0 Å². The predicted octanol–water partition coefficient (Wildman–Crippen LogP) is 2.21. The van der Waals surface area contributed by atoms with Crippen LogP contribution in [-0.2, 0) is 11.0 Å². The van der Waals surface area contributed by atoms with E-state index in [4.69, 9.17) is 0 Å². The van der Waals surface area contributed by atoms with Crippen LogP contribution < -0.4 is 21.3 Å². The minimum Gasteiger partial charge on any atom is -0.368 e. The normalized spacial score (nSPS) is 12.0. The fourth-order valence-electron chi connectivity index (χ4n) is 1.98. The lowest BCUT2D eigenvalue weighted by molar-refractivity contribution is -0.137. The van der Waals surface area contributed by atoms with Crippen LogP contribution in [0.1, 0.15) is 26.3 Å². The lowest BCUT2D eigenvalue weighted by Gasteiger charge is -2.21. The van der Waals surface area contributed by atoms with Crippen molar-refractivity contribution in [1.29, 1.82) is 0 Å². The molecule has 0 aromatic carbocycles. The van der Waals surface area contributed by atoms with Gasteiger partial charge in [-0.2, -0.15) is 13.2 Å². The van der Waals surface area contributed by atoms with E-state index in [9.17, 15) is 18.0 Å². The topological polar surface area (TPSA) is 90.4 Å². The van der Waals surface area contributed by atoms with Crippen molar-refractivity contribution in [3.63, 3.8) is 0 Å². The number of nitrogens with one attached hydrogen (secondary N) is 4. The zero-order valence-electron chi connectivity index (χ0n) is 15.7. The van der Waals surface area contributed by atoms with E-state index in [2.05, 4.69) is 31.2 Å². The smallest absolute Gasteiger partial charge is 0.368 e. The van der Waals surface area contributed by atoms with Gasteiger partial charge in [0, 0.05) is 31.9 Å². The number of aliphatic imine (C=N–C) groups is 1. The molecule has 0 aliphatic carbocycles. The highest BCUT2D eigenvalue weighted by molar-refractivity contribution is 14.0. The fourth-order valence-corrected chi connectivity index (χ4v) is 1.98. The van der Waals surface area contributed by atoms with E-state index in [0.717, 1.165) is 6.07 Å². The first-order chi connectivity index (χ1) is 12.0. The summed E-state index contributed by atoms with van der Waals surface area (Å²) in [4.78, 5) is 19.4. The molecule has 1 rings (SSSR count). The van der Waals surface area contributed by atoms with Crippen molar-refractivity contribution in [3.05, 3.63) is 23.9 Å². The summed E-state index contributed by atoms with van der Waals surface area (Å²) in [6.45, 7) is 6.12. The lowest BCUT2D eigenvalue weighted by atomic mass is 10.1. The van der Waals surface area contributed by atoms with E-state index < -0.39 is 11.7 Å². The second-order valence-corrected chi connectivity index (χ2v) is 6.47. The Kier molecular flexibility index (Phi) is 10.4. The van der Waals surface area contributed by atoms with E-state index >= 15 is 0 Å². The van der Waals surface area contributed by atoms with Crippen molar-refractivity contribution in [2.45, 2.75) is 32.5 Å².